The Morgan fingerprint density at radius 2 is 2.21 bits per heavy atom. The van der Waals surface area contributed by atoms with Crippen molar-refractivity contribution in [3.63, 3.8) is 0 Å². The van der Waals surface area contributed by atoms with Gasteiger partial charge in [-0.25, -0.2) is 4.39 Å². The van der Waals surface area contributed by atoms with E-state index < -0.39 is 0 Å². The number of benzene rings is 1. The van der Waals surface area contributed by atoms with Gasteiger partial charge in [0.25, 0.3) is 0 Å². The highest BCUT2D eigenvalue weighted by Crippen LogP contribution is 2.21. The summed E-state index contributed by atoms with van der Waals surface area (Å²) >= 11 is 0. The highest BCUT2D eigenvalue weighted by Gasteiger charge is 2.03. The Bertz CT molecular complexity index is 363. The summed E-state index contributed by atoms with van der Waals surface area (Å²) in [6.45, 7) is 3.32. The zero-order valence-corrected chi connectivity index (χ0v) is 7.80. The van der Waals surface area contributed by atoms with Crippen molar-refractivity contribution in [2.75, 3.05) is 17.7 Å². The van der Waals surface area contributed by atoms with Crippen molar-refractivity contribution in [3.05, 3.63) is 36.7 Å². The molecule has 4 heteroatoms. The number of halogens is 1. The highest BCUT2D eigenvalue weighted by molar-refractivity contribution is 6.01. The predicted octanol–water partition coefficient (Wildman–Crippen LogP) is 1.99. The van der Waals surface area contributed by atoms with E-state index in [1.165, 1.54) is 18.2 Å². The smallest absolute Gasteiger partial charge is 0.247 e. The first kappa shape index (κ1) is 10.2. The fourth-order valence-corrected chi connectivity index (χ4v) is 1.02. The van der Waals surface area contributed by atoms with Gasteiger partial charge in [0.1, 0.15) is 5.82 Å². The zero-order valence-electron chi connectivity index (χ0n) is 7.80. The van der Waals surface area contributed by atoms with E-state index in [1.54, 1.807) is 7.05 Å². The van der Waals surface area contributed by atoms with Crippen molar-refractivity contribution >= 4 is 17.3 Å². The van der Waals surface area contributed by atoms with E-state index in [0.717, 1.165) is 6.08 Å². The lowest BCUT2D eigenvalue weighted by Gasteiger charge is -2.08. The third-order valence-electron chi connectivity index (χ3n) is 1.69. The molecule has 0 heterocycles. The molecule has 0 aromatic heterocycles. The third kappa shape index (κ3) is 2.32. The van der Waals surface area contributed by atoms with E-state index in [-0.39, 0.29) is 11.7 Å². The molecule has 1 amide bonds. The van der Waals surface area contributed by atoms with E-state index in [2.05, 4.69) is 17.2 Å². The van der Waals surface area contributed by atoms with Gasteiger partial charge in [0.2, 0.25) is 5.91 Å². The molecule has 0 aliphatic heterocycles. The maximum atomic E-state index is 12.8. The van der Waals surface area contributed by atoms with Gasteiger partial charge in [-0.15, -0.1) is 0 Å². The maximum Gasteiger partial charge on any atom is 0.247 e. The number of anilines is 2. The standard InChI is InChI=1S/C10H11FN2O/c1-3-10(14)13-8-5-4-7(11)6-9(8)12-2/h3-6,12H,1H2,2H3,(H,13,14). The predicted molar refractivity (Wildman–Crippen MR) is 54.8 cm³/mol. The molecule has 0 saturated carbocycles. The van der Waals surface area contributed by atoms with Gasteiger partial charge in [-0.05, 0) is 24.3 Å². The Kier molecular flexibility index (Phi) is 3.23. The number of nitrogens with one attached hydrogen (secondary N) is 2. The van der Waals surface area contributed by atoms with Gasteiger partial charge in [0.05, 0.1) is 11.4 Å². The van der Waals surface area contributed by atoms with E-state index >= 15 is 0 Å². The van der Waals surface area contributed by atoms with Crippen molar-refractivity contribution in [1.29, 1.82) is 0 Å². The summed E-state index contributed by atoms with van der Waals surface area (Å²) in [7, 11) is 1.65. The topological polar surface area (TPSA) is 41.1 Å². The molecule has 1 aromatic rings. The molecule has 0 atom stereocenters. The molecule has 0 radical (unpaired) electrons. The molecule has 0 bridgehead atoms. The number of hydrogen-bond acceptors (Lipinski definition) is 2. The molecular formula is C10H11FN2O. The number of amides is 1. The van der Waals surface area contributed by atoms with Crippen LogP contribution in [0, 0.1) is 5.82 Å². The minimum atomic E-state index is -0.356. The summed E-state index contributed by atoms with van der Waals surface area (Å²) in [4.78, 5) is 11.0. The normalized spacial score (nSPS) is 9.29. The Balaban J connectivity index is 2.96. The molecule has 3 nitrogen and oxygen atoms in total. The summed E-state index contributed by atoms with van der Waals surface area (Å²) in [6, 6.07) is 4.07. The van der Waals surface area contributed by atoms with Crippen molar-refractivity contribution < 1.29 is 9.18 Å². The molecule has 74 valence electrons. The van der Waals surface area contributed by atoms with Crippen LogP contribution in [0.1, 0.15) is 0 Å². The lowest BCUT2D eigenvalue weighted by molar-refractivity contribution is -0.111. The molecule has 0 aliphatic carbocycles. The van der Waals surface area contributed by atoms with Crippen LogP contribution in [0.2, 0.25) is 0 Å². The van der Waals surface area contributed by atoms with Gasteiger partial charge < -0.3 is 10.6 Å². The quantitative estimate of drug-likeness (QED) is 0.722. The minimum Gasteiger partial charge on any atom is -0.386 e. The summed E-state index contributed by atoms with van der Waals surface area (Å²) < 4.78 is 12.8. The first-order chi connectivity index (χ1) is 6.67. The van der Waals surface area contributed by atoms with Crippen LogP contribution in [0.25, 0.3) is 0 Å². The van der Waals surface area contributed by atoms with Crippen LogP contribution in [-0.4, -0.2) is 13.0 Å². The fraction of sp³-hybridized carbons (Fsp3) is 0.100. The van der Waals surface area contributed by atoms with Crippen LogP contribution >= 0.6 is 0 Å². The van der Waals surface area contributed by atoms with Gasteiger partial charge in [-0.3, -0.25) is 4.79 Å². The second-order valence-electron chi connectivity index (χ2n) is 2.63. The Labute approximate surface area is 81.6 Å². The lowest BCUT2D eigenvalue weighted by atomic mass is 10.2. The Morgan fingerprint density at radius 3 is 2.79 bits per heavy atom. The molecule has 0 aliphatic rings. The molecular weight excluding hydrogens is 183 g/mol. The molecule has 0 fully saturated rings. The van der Waals surface area contributed by atoms with Gasteiger partial charge in [-0.2, -0.15) is 0 Å². The third-order valence-corrected chi connectivity index (χ3v) is 1.69. The number of rotatable bonds is 3. The van der Waals surface area contributed by atoms with E-state index in [9.17, 15) is 9.18 Å². The van der Waals surface area contributed by atoms with E-state index in [4.69, 9.17) is 0 Å². The van der Waals surface area contributed by atoms with Gasteiger partial charge >= 0.3 is 0 Å². The lowest BCUT2D eigenvalue weighted by Crippen LogP contribution is -2.09. The summed E-state index contributed by atoms with van der Waals surface area (Å²) in [5.41, 5.74) is 1.05. The van der Waals surface area contributed by atoms with Crippen LogP contribution in [-0.2, 0) is 4.79 Å². The van der Waals surface area contributed by atoms with Crippen LogP contribution in [0.3, 0.4) is 0 Å². The minimum absolute atomic E-state index is 0.326. The molecule has 2 N–H and O–H groups in total. The first-order valence-corrected chi connectivity index (χ1v) is 4.08. The largest absolute Gasteiger partial charge is 0.386 e. The van der Waals surface area contributed by atoms with Gasteiger partial charge in [-0.1, -0.05) is 6.58 Å². The van der Waals surface area contributed by atoms with E-state index in [1.807, 2.05) is 0 Å². The fourth-order valence-electron chi connectivity index (χ4n) is 1.02. The maximum absolute atomic E-state index is 12.8. The van der Waals surface area contributed by atoms with Crippen LogP contribution < -0.4 is 10.6 Å². The summed E-state index contributed by atoms with van der Waals surface area (Å²) in [5.74, 6) is -0.681. The number of carbonyl (C=O) groups is 1. The van der Waals surface area contributed by atoms with Crippen LogP contribution in [0.15, 0.2) is 30.9 Å². The van der Waals surface area contributed by atoms with Crippen LogP contribution in [0.4, 0.5) is 15.8 Å². The second-order valence-corrected chi connectivity index (χ2v) is 2.63. The molecule has 0 saturated heterocycles. The SMILES string of the molecule is C=CC(=O)Nc1ccc(F)cc1NC. The van der Waals surface area contributed by atoms with Crippen molar-refractivity contribution in [2.24, 2.45) is 0 Å². The zero-order chi connectivity index (χ0) is 10.6. The molecule has 1 rings (SSSR count). The molecule has 0 spiro atoms. The number of carbonyl (C=O) groups excluding carboxylic acids is 1. The average molecular weight is 194 g/mol. The summed E-state index contributed by atoms with van der Waals surface area (Å²) in [5, 5.41) is 5.33. The van der Waals surface area contributed by atoms with Crippen molar-refractivity contribution in [2.45, 2.75) is 0 Å². The van der Waals surface area contributed by atoms with Crippen molar-refractivity contribution in [3.8, 4) is 0 Å². The Morgan fingerprint density at radius 1 is 1.50 bits per heavy atom. The highest BCUT2D eigenvalue weighted by atomic mass is 19.1. The van der Waals surface area contributed by atoms with Crippen molar-refractivity contribution in [1.82, 2.24) is 0 Å². The first-order valence-electron chi connectivity index (χ1n) is 4.08. The molecule has 1 aromatic carbocycles. The average Bonchev–Trinajstić information content (AvgIpc) is 2.20. The molecule has 14 heavy (non-hydrogen) atoms. The van der Waals surface area contributed by atoms with Gasteiger partial charge in [0.15, 0.2) is 0 Å². The molecule has 0 unspecified atom stereocenters. The number of hydrogen-bond donors (Lipinski definition) is 2. The van der Waals surface area contributed by atoms with Gasteiger partial charge in [0, 0.05) is 7.05 Å². The summed E-state index contributed by atoms with van der Waals surface area (Å²) in [6.07, 6.45) is 1.16. The monoisotopic (exact) mass is 194 g/mol. The second kappa shape index (κ2) is 4.41. The Hall–Kier alpha value is -1.84. The van der Waals surface area contributed by atoms with Crippen LogP contribution in [0.5, 0.6) is 0 Å². The van der Waals surface area contributed by atoms with E-state index in [0.29, 0.717) is 11.4 Å².